The average molecular weight is 489 g/mol. The van der Waals surface area contributed by atoms with E-state index in [4.69, 9.17) is 5.26 Å². The normalized spacial score (nSPS) is 13.4. The molecule has 3 N–H and O–H groups in total. The highest BCUT2D eigenvalue weighted by Crippen LogP contribution is 2.34. The number of amides is 2. The summed E-state index contributed by atoms with van der Waals surface area (Å²) in [6.07, 6.45) is -2.08. The van der Waals surface area contributed by atoms with Crippen LogP contribution in [-0.4, -0.2) is 33.3 Å². The van der Waals surface area contributed by atoms with Crippen LogP contribution in [0.1, 0.15) is 30.5 Å². The lowest BCUT2D eigenvalue weighted by Crippen LogP contribution is -2.43. The number of hydrogen-bond acceptors (Lipinski definition) is 5. The number of aliphatic hydroxyl groups is 1. The van der Waals surface area contributed by atoms with Crippen LogP contribution in [0.15, 0.2) is 47.7 Å². The van der Waals surface area contributed by atoms with E-state index in [1.54, 1.807) is 0 Å². The molecule has 2 amide bonds. The first kappa shape index (κ1) is 25.4. The maximum absolute atomic E-state index is 13.8. The molecule has 1 heterocycles. The minimum absolute atomic E-state index is 0.260. The number of aromatic nitrogens is 1. The Morgan fingerprint density at radius 3 is 2.57 bits per heavy atom. The maximum Gasteiger partial charge on any atom is 0.417 e. The molecule has 0 aliphatic carbocycles. The number of hydrogen-bond donors (Lipinski definition) is 3. The van der Waals surface area contributed by atoms with Crippen LogP contribution in [0.3, 0.4) is 0 Å². The van der Waals surface area contributed by atoms with Gasteiger partial charge in [0, 0.05) is 35.3 Å². The second kappa shape index (κ2) is 9.55. The summed E-state index contributed by atoms with van der Waals surface area (Å²) < 4.78 is 54.9. The summed E-state index contributed by atoms with van der Waals surface area (Å²) in [5.74, 6) is -1.98. The molecule has 0 aliphatic heterocycles. The summed E-state index contributed by atoms with van der Waals surface area (Å²) in [5.41, 5.74) is -1.18. The van der Waals surface area contributed by atoms with E-state index in [1.807, 2.05) is 0 Å². The summed E-state index contributed by atoms with van der Waals surface area (Å²) in [4.78, 5) is 23.8. The number of carbonyl (C=O) groups excluding carboxylic acids is 2. The lowest BCUT2D eigenvalue weighted by molar-refractivity contribution is -0.138. The third-order valence-electron chi connectivity index (χ3n) is 4.97. The number of carbonyl (C=O) groups is 2. The molecule has 0 fully saturated rings. The number of fused-ring (bicyclic) bond motifs is 1. The molecule has 1 atom stereocenters. The number of nitriles is 1. The predicted molar refractivity (Wildman–Crippen MR) is 119 cm³/mol. The van der Waals surface area contributed by atoms with Crippen molar-refractivity contribution in [3.05, 3.63) is 65.1 Å². The molecule has 182 valence electrons. The minimum atomic E-state index is -4.82. The maximum atomic E-state index is 13.8. The Balaban J connectivity index is 1.89. The smallest absolute Gasteiger partial charge is 0.378 e. The van der Waals surface area contributed by atoms with Crippen LogP contribution in [0.25, 0.3) is 10.9 Å². The number of rotatable bonds is 6. The summed E-state index contributed by atoms with van der Waals surface area (Å²) >= 11 is 0. The molecule has 2 aromatic carbocycles. The number of halogens is 4. The molecule has 3 rings (SSSR count). The van der Waals surface area contributed by atoms with E-state index in [0.29, 0.717) is 22.5 Å². The van der Waals surface area contributed by atoms with Crippen LogP contribution in [0.4, 0.5) is 23.2 Å². The molecule has 0 saturated carbocycles. The third-order valence-corrected chi connectivity index (χ3v) is 4.97. The zero-order chi connectivity index (χ0) is 26.0. The molecular weight excluding hydrogens is 470 g/mol. The Labute approximate surface area is 196 Å². The summed E-state index contributed by atoms with van der Waals surface area (Å²) in [5, 5.41) is 26.1. The third kappa shape index (κ3) is 5.82. The topological polar surface area (TPSA) is 120 Å². The highest BCUT2D eigenvalue weighted by Gasteiger charge is 2.35. The molecule has 1 unspecified atom stereocenters. The van der Waals surface area contributed by atoms with Gasteiger partial charge in [-0.05, 0) is 43.3 Å². The Morgan fingerprint density at radius 1 is 1.23 bits per heavy atom. The van der Waals surface area contributed by atoms with Crippen molar-refractivity contribution in [3.8, 4) is 6.07 Å². The van der Waals surface area contributed by atoms with Crippen molar-refractivity contribution in [2.24, 2.45) is 5.10 Å². The molecule has 0 saturated heterocycles. The molecule has 8 nitrogen and oxygen atoms in total. The zero-order valence-corrected chi connectivity index (χ0v) is 18.4. The molecule has 0 spiro atoms. The van der Waals surface area contributed by atoms with Gasteiger partial charge in [-0.2, -0.15) is 23.5 Å². The molecular formula is C23H19F4N5O3. The van der Waals surface area contributed by atoms with E-state index in [9.17, 15) is 32.3 Å². The van der Waals surface area contributed by atoms with Gasteiger partial charge in [0.15, 0.2) is 5.60 Å². The number of nitrogens with zero attached hydrogens (tertiary/aromatic N) is 3. The first-order valence-electron chi connectivity index (χ1n) is 10.0. The summed E-state index contributed by atoms with van der Waals surface area (Å²) in [7, 11) is 0. The summed E-state index contributed by atoms with van der Waals surface area (Å²) in [6.45, 7) is 2.07. The molecule has 3 aromatic rings. The molecule has 0 radical (unpaired) electrons. The SMILES string of the molecule is CC(=O)NN=Cc1cn(CC(C)(O)C(=O)Nc2ccc(C#N)c(C(F)(F)F)c2)c2ccc(F)cc12. The minimum Gasteiger partial charge on any atom is -0.378 e. The van der Waals surface area contributed by atoms with Crippen LogP contribution in [0.2, 0.25) is 0 Å². The Morgan fingerprint density at radius 2 is 1.94 bits per heavy atom. The fourth-order valence-electron chi connectivity index (χ4n) is 3.35. The van der Waals surface area contributed by atoms with Crippen LogP contribution in [-0.2, 0) is 22.3 Å². The second-order valence-corrected chi connectivity index (χ2v) is 7.90. The van der Waals surface area contributed by atoms with Crippen molar-refractivity contribution in [2.45, 2.75) is 32.2 Å². The van der Waals surface area contributed by atoms with E-state index in [-0.39, 0.29) is 12.2 Å². The molecule has 0 aliphatic rings. The molecule has 1 aromatic heterocycles. The van der Waals surface area contributed by atoms with Gasteiger partial charge in [0.1, 0.15) is 5.82 Å². The van der Waals surface area contributed by atoms with Crippen molar-refractivity contribution >= 4 is 34.6 Å². The van der Waals surface area contributed by atoms with E-state index in [0.717, 1.165) is 19.1 Å². The standard InChI is InChI=1S/C23H19F4N5O3/c1-13(33)31-29-10-15-11-32(20-6-4-16(24)7-18(15)20)12-22(2,35)21(34)30-17-5-3-14(9-28)19(8-17)23(25,26)27/h3-8,10-11,35H,12H2,1-2H3,(H,30,34)(H,31,33). The van der Waals surface area contributed by atoms with Crippen molar-refractivity contribution in [1.29, 1.82) is 5.26 Å². The highest BCUT2D eigenvalue weighted by molar-refractivity contribution is 6.00. The number of nitrogens with one attached hydrogen (secondary N) is 2. The van der Waals surface area contributed by atoms with Gasteiger partial charge >= 0.3 is 6.18 Å². The van der Waals surface area contributed by atoms with Crippen LogP contribution in [0.5, 0.6) is 0 Å². The van der Waals surface area contributed by atoms with E-state index < -0.39 is 40.5 Å². The molecule has 35 heavy (non-hydrogen) atoms. The fraction of sp³-hybridized carbons (Fsp3) is 0.217. The highest BCUT2D eigenvalue weighted by atomic mass is 19.4. The monoisotopic (exact) mass is 489 g/mol. The van der Waals surface area contributed by atoms with Crippen molar-refractivity contribution in [1.82, 2.24) is 9.99 Å². The lowest BCUT2D eigenvalue weighted by atomic mass is 10.0. The van der Waals surface area contributed by atoms with Crippen molar-refractivity contribution < 1.29 is 32.3 Å². The van der Waals surface area contributed by atoms with E-state index in [1.165, 1.54) is 48.2 Å². The van der Waals surface area contributed by atoms with Gasteiger partial charge in [-0.3, -0.25) is 9.59 Å². The van der Waals surface area contributed by atoms with E-state index in [2.05, 4.69) is 15.8 Å². The Hall–Kier alpha value is -4.24. The second-order valence-electron chi connectivity index (χ2n) is 7.90. The predicted octanol–water partition coefficient (Wildman–Crippen LogP) is 3.53. The van der Waals surface area contributed by atoms with E-state index >= 15 is 0 Å². The zero-order valence-electron chi connectivity index (χ0n) is 18.4. The van der Waals surface area contributed by atoms with Crippen molar-refractivity contribution in [3.63, 3.8) is 0 Å². The summed E-state index contributed by atoms with van der Waals surface area (Å²) in [6, 6.07) is 7.90. The van der Waals surface area contributed by atoms with Crippen LogP contribution in [0, 0.1) is 17.1 Å². The van der Waals surface area contributed by atoms with Gasteiger partial charge < -0.3 is 15.0 Å². The quantitative estimate of drug-likeness (QED) is 0.279. The van der Waals surface area contributed by atoms with Gasteiger partial charge in [-0.1, -0.05) is 0 Å². The molecule has 12 heteroatoms. The first-order chi connectivity index (χ1) is 16.3. The average Bonchev–Trinajstić information content (AvgIpc) is 3.08. The molecule has 0 bridgehead atoms. The van der Waals surface area contributed by atoms with Crippen molar-refractivity contribution in [2.75, 3.05) is 5.32 Å². The van der Waals surface area contributed by atoms with Gasteiger partial charge in [0.25, 0.3) is 5.91 Å². The Bertz CT molecular complexity index is 1370. The largest absolute Gasteiger partial charge is 0.417 e. The number of anilines is 1. The van der Waals surface area contributed by atoms with Crippen LogP contribution < -0.4 is 10.7 Å². The fourth-order valence-corrected chi connectivity index (χ4v) is 3.35. The number of benzene rings is 2. The van der Waals surface area contributed by atoms with Gasteiger partial charge in [-0.15, -0.1) is 0 Å². The lowest BCUT2D eigenvalue weighted by Gasteiger charge is -2.24. The van der Waals surface area contributed by atoms with Crippen LogP contribution >= 0.6 is 0 Å². The number of hydrazone groups is 1. The first-order valence-corrected chi connectivity index (χ1v) is 10.0. The van der Waals surface area contributed by atoms with Gasteiger partial charge in [0.2, 0.25) is 5.91 Å². The van der Waals surface area contributed by atoms with Gasteiger partial charge in [0.05, 0.1) is 30.0 Å². The number of alkyl halides is 3. The van der Waals surface area contributed by atoms with Gasteiger partial charge in [-0.25, -0.2) is 9.82 Å². The Kier molecular flexibility index (Phi) is 6.93.